The van der Waals surface area contributed by atoms with Crippen LogP contribution in [0.15, 0.2) is 95.0 Å². The van der Waals surface area contributed by atoms with Gasteiger partial charge in [-0.05, 0) is 35.9 Å². The standard InChI is InChI=1S/C23H21N5O3S2/c24-33(30,31)20-13-7-10-18(15-20)25-22(29)16-32-23-27-26-21(14-17-8-3-1-4-9-17)28(23)19-11-5-2-6-12-19/h1-13,15H,14,16H2,(H,25,29)(H2,24,30,31). The summed E-state index contributed by atoms with van der Waals surface area (Å²) in [5, 5.41) is 17.1. The summed E-state index contributed by atoms with van der Waals surface area (Å²) in [5.41, 5.74) is 2.35. The van der Waals surface area contributed by atoms with Crippen molar-refractivity contribution in [3.8, 4) is 5.69 Å². The number of primary sulfonamides is 1. The maximum atomic E-state index is 12.5. The van der Waals surface area contributed by atoms with Crippen LogP contribution < -0.4 is 10.5 Å². The zero-order valence-corrected chi connectivity index (χ0v) is 19.1. The van der Waals surface area contributed by atoms with E-state index in [2.05, 4.69) is 15.5 Å². The fraction of sp³-hybridized carbons (Fsp3) is 0.0870. The van der Waals surface area contributed by atoms with Crippen molar-refractivity contribution >= 4 is 33.4 Å². The van der Waals surface area contributed by atoms with Crippen molar-refractivity contribution in [3.05, 3.63) is 96.3 Å². The topological polar surface area (TPSA) is 120 Å². The second kappa shape index (κ2) is 9.99. The summed E-state index contributed by atoms with van der Waals surface area (Å²) in [5.74, 6) is 0.519. The Hall–Kier alpha value is -3.47. The van der Waals surface area contributed by atoms with Crippen LogP contribution in [0.2, 0.25) is 0 Å². The van der Waals surface area contributed by atoms with Crippen molar-refractivity contribution in [1.82, 2.24) is 14.8 Å². The number of hydrogen-bond donors (Lipinski definition) is 2. The van der Waals surface area contributed by atoms with Crippen LogP contribution >= 0.6 is 11.8 Å². The van der Waals surface area contributed by atoms with E-state index in [0.717, 1.165) is 17.1 Å². The number of sulfonamides is 1. The molecule has 10 heteroatoms. The van der Waals surface area contributed by atoms with Gasteiger partial charge in [-0.3, -0.25) is 9.36 Å². The van der Waals surface area contributed by atoms with Gasteiger partial charge in [-0.25, -0.2) is 13.6 Å². The number of benzene rings is 3. The Morgan fingerprint density at radius 2 is 1.64 bits per heavy atom. The molecule has 0 fully saturated rings. The van der Waals surface area contributed by atoms with Gasteiger partial charge in [0.2, 0.25) is 15.9 Å². The van der Waals surface area contributed by atoms with Crippen LogP contribution in [0.3, 0.4) is 0 Å². The summed E-state index contributed by atoms with van der Waals surface area (Å²) in [4.78, 5) is 12.5. The fourth-order valence-corrected chi connectivity index (χ4v) is 4.53. The summed E-state index contributed by atoms with van der Waals surface area (Å²) in [6, 6.07) is 25.5. The number of hydrogen-bond acceptors (Lipinski definition) is 6. The number of rotatable bonds is 8. The first-order valence-corrected chi connectivity index (χ1v) is 12.5. The molecule has 4 aromatic rings. The minimum atomic E-state index is -3.85. The average molecular weight is 480 g/mol. The Balaban J connectivity index is 1.52. The number of para-hydroxylation sites is 1. The number of anilines is 1. The molecule has 0 aliphatic rings. The van der Waals surface area contributed by atoms with Crippen LogP contribution in [0, 0.1) is 0 Å². The Morgan fingerprint density at radius 3 is 2.33 bits per heavy atom. The molecule has 3 aromatic carbocycles. The summed E-state index contributed by atoms with van der Waals surface area (Å²) in [6.07, 6.45) is 0.593. The molecule has 8 nitrogen and oxygen atoms in total. The average Bonchev–Trinajstić information content (AvgIpc) is 3.21. The molecule has 33 heavy (non-hydrogen) atoms. The van der Waals surface area contributed by atoms with E-state index in [1.165, 1.54) is 30.0 Å². The minimum absolute atomic E-state index is 0.0654. The molecule has 0 atom stereocenters. The summed E-state index contributed by atoms with van der Waals surface area (Å²) >= 11 is 1.24. The Morgan fingerprint density at radius 1 is 0.939 bits per heavy atom. The van der Waals surface area contributed by atoms with Crippen LogP contribution in [0.4, 0.5) is 5.69 Å². The van der Waals surface area contributed by atoms with E-state index in [-0.39, 0.29) is 16.6 Å². The number of carbonyl (C=O) groups is 1. The van der Waals surface area contributed by atoms with E-state index in [0.29, 0.717) is 17.3 Å². The molecule has 0 saturated heterocycles. The molecular weight excluding hydrogens is 458 g/mol. The highest BCUT2D eigenvalue weighted by atomic mass is 32.2. The third kappa shape index (κ3) is 5.86. The number of thioether (sulfide) groups is 1. The number of amides is 1. The van der Waals surface area contributed by atoms with E-state index in [9.17, 15) is 13.2 Å². The molecular formula is C23H21N5O3S2. The zero-order valence-electron chi connectivity index (χ0n) is 17.5. The molecule has 1 heterocycles. The van der Waals surface area contributed by atoms with E-state index in [1.807, 2.05) is 65.2 Å². The molecule has 0 aliphatic carbocycles. The van der Waals surface area contributed by atoms with E-state index < -0.39 is 10.0 Å². The van der Waals surface area contributed by atoms with Gasteiger partial charge < -0.3 is 5.32 Å². The highest BCUT2D eigenvalue weighted by Gasteiger charge is 2.17. The number of nitrogens with one attached hydrogen (secondary N) is 1. The lowest BCUT2D eigenvalue weighted by Crippen LogP contribution is -2.16. The van der Waals surface area contributed by atoms with Gasteiger partial charge in [-0.15, -0.1) is 10.2 Å². The molecule has 0 saturated carbocycles. The van der Waals surface area contributed by atoms with Gasteiger partial charge >= 0.3 is 0 Å². The zero-order chi connectivity index (χ0) is 23.3. The highest BCUT2D eigenvalue weighted by molar-refractivity contribution is 7.99. The molecule has 4 rings (SSSR count). The summed E-state index contributed by atoms with van der Waals surface area (Å²) in [6.45, 7) is 0. The number of nitrogens with zero attached hydrogens (tertiary/aromatic N) is 3. The second-order valence-corrected chi connectivity index (χ2v) is 9.65. The quantitative estimate of drug-likeness (QED) is 0.375. The van der Waals surface area contributed by atoms with Gasteiger partial charge in [0.05, 0.1) is 10.6 Å². The summed E-state index contributed by atoms with van der Waals surface area (Å²) in [7, 11) is -3.85. The lowest BCUT2D eigenvalue weighted by molar-refractivity contribution is -0.113. The maximum Gasteiger partial charge on any atom is 0.238 e. The highest BCUT2D eigenvalue weighted by Crippen LogP contribution is 2.24. The van der Waals surface area contributed by atoms with Crippen molar-refractivity contribution in [1.29, 1.82) is 0 Å². The molecule has 1 amide bonds. The smallest absolute Gasteiger partial charge is 0.238 e. The summed E-state index contributed by atoms with van der Waals surface area (Å²) < 4.78 is 25.0. The van der Waals surface area contributed by atoms with Gasteiger partial charge in [0.15, 0.2) is 5.16 Å². The minimum Gasteiger partial charge on any atom is -0.325 e. The largest absolute Gasteiger partial charge is 0.325 e. The van der Waals surface area contributed by atoms with Crippen molar-refractivity contribution in [2.24, 2.45) is 5.14 Å². The van der Waals surface area contributed by atoms with Crippen LogP contribution in [0.5, 0.6) is 0 Å². The van der Waals surface area contributed by atoms with Crippen molar-refractivity contribution < 1.29 is 13.2 Å². The molecule has 3 N–H and O–H groups in total. The van der Waals surface area contributed by atoms with Crippen LogP contribution in [-0.2, 0) is 21.2 Å². The van der Waals surface area contributed by atoms with Gasteiger partial charge in [-0.1, -0.05) is 66.4 Å². The predicted molar refractivity (Wildman–Crippen MR) is 128 cm³/mol. The Kier molecular flexibility index (Phi) is 6.87. The molecule has 0 bridgehead atoms. The predicted octanol–water partition coefficient (Wildman–Crippen LogP) is 3.24. The van der Waals surface area contributed by atoms with E-state index in [4.69, 9.17) is 5.14 Å². The lowest BCUT2D eigenvalue weighted by atomic mass is 10.1. The van der Waals surface area contributed by atoms with Gasteiger partial charge in [0, 0.05) is 17.8 Å². The third-order valence-electron chi connectivity index (χ3n) is 4.70. The van der Waals surface area contributed by atoms with E-state index in [1.54, 1.807) is 6.07 Å². The van der Waals surface area contributed by atoms with Crippen LogP contribution in [-0.4, -0.2) is 34.8 Å². The SMILES string of the molecule is NS(=O)(=O)c1cccc(NC(=O)CSc2nnc(Cc3ccccc3)n2-c2ccccc2)c1. The monoisotopic (exact) mass is 479 g/mol. The first-order chi connectivity index (χ1) is 15.9. The number of aromatic nitrogens is 3. The molecule has 0 radical (unpaired) electrons. The van der Waals surface area contributed by atoms with Crippen LogP contribution in [0.1, 0.15) is 11.4 Å². The van der Waals surface area contributed by atoms with Gasteiger partial charge in [0.1, 0.15) is 5.82 Å². The third-order valence-corrected chi connectivity index (χ3v) is 6.54. The van der Waals surface area contributed by atoms with Gasteiger partial charge in [-0.2, -0.15) is 0 Å². The maximum absolute atomic E-state index is 12.5. The van der Waals surface area contributed by atoms with E-state index >= 15 is 0 Å². The first-order valence-electron chi connectivity index (χ1n) is 9.99. The molecule has 0 spiro atoms. The van der Waals surface area contributed by atoms with Gasteiger partial charge in [0.25, 0.3) is 0 Å². The molecule has 1 aromatic heterocycles. The van der Waals surface area contributed by atoms with Crippen molar-refractivity contribution in [3.63, 3.8) is 0 Å². The number of nitrogens with two attached hydrogens (primary N) is 1. The van der Waals surface area contributed by atoms with Crippen LogP contribution in [0.25, 0.3) is 5.69 Å². The van der Waals surface area contributed by atoms with Crippen molar-refractivity contribution in [2.75, 3.05) is 11.1 Å². The Bertz CT molecular complexity index is 1360. The normalized spacial score (nSPS) is 11.3. The Labute approximate surface area is 195 Å². The molecule has 0 aliphatic heterocycles. The lowest BCUT2D eigenvalue weighted by Gasteiger charge is -2.11. The second-order valence-electron chi connectivity index (χ2n) is 7.14. The fourth-order valence-electron chi connectivity index (χ4n) is 3.20. The van der Waals surface area contributed by atoms with Crippen molar-refractivity contribution in [2.45, 2.75) is 16.5 Å². The molecule has 0 unspecified atom stereocenters. The number of carbonyl (C=O) groups excluding carboxylic acids is 1. The molecule has 168 valence electrons. The first kappa shape index (κ1) is 22.7.